The zero-order valence-electron chi connectivity index (χ0n) is 15.9. The van der Waals surface area contributed by atoms with Crippen LogP contribution in [0.3, 0.4) is 0 Å². The number of rotatable bonds is 10. The lowest BCUT2D eigenvalue weighted by atomic mass is 10.1. The first-order valence-electron chi connectivity index (χ1n) is 8.65. The number of amides is 2. The highest BCUT2D eigenvalue weighted by Crippen LogP contribution is 2.16. The van der Waals surface area contributed by atoms with Gasteiger partial charge in [0.1, 0.15) is 11.7 Å². The third-order valence-corrected chi connectivity index (χ3v) is 4.49. The van der Waals surface area contributed by atoms with Crippen LogP contribution in [0.2, 0.25) is 0 Å². The summed E-state index contributed by atoms with van der Waals surface area (Å²) in [6.07, 6.45) is 4.48. The van der Waals surface area contributed by atoms with Gasteiger partial charge in [-0.25, -0.2) is 4.79 Å². The molecule has 0 spiro atoms. The van der Waals surface area contributed by atoms with E-state index in [-0.39, 0.29) is 29.1 Å². The van der Waals surface area contributed by atoms with Gasteiger partial charge in [0, 0.05) is 12.1 Å². The Balaban J connectivity index is 2.33. The van der Waals surface area contributed by atoms with Gasteiger partial charge < -0.3 is 20.2 Å². The Morgan fingerprint density at radius 1 is 1.30 bits per heavy atom. The van der Waals surface area contributed by atoms with Crippen LogP contribution in [-0.2, 0) is 9.59 Å². The molecule has 2 aromatic rings. The SMILES string of the molecule is CSCC[C@@H](NC(=O)/C(=C\c1cccc([N+](=O)[O-])c1)NC(=O)c1ccco1)C(=O)O. The molecule has 2 amide bonds. The number of benzene rings is 1. The number of non-ortho nitro benzene ring substituents is 1. The standard InChI is InChI=1S/C19H19N3O7S/c1-30-9-7-14(19(25)26)20-17(23)15(21-18(24)16-6-3-8-29-16)11-12-4-2-5-13(10-12)22(27)28/h2-6,8,10-11,14H,7,9H2,1H3,(H,20,23)(H,21,24)(H,25,26)/b15-11+/t14-/m1/s1. The largest absolute Gasteiger partial charge is 0.480 e. The lowest BCUT2D eigenvalue weighted by molar-refractivity contribution is -0.384. The highest BCUT2D eigenvalue weighted by Gasteiger charge is 2.23. The molecule has 0 unspecified atom stereocenters. The fourth-order valence-corrected chi connectivity index (χ4v) is 2.85. The van der Waals surface area contributed by atoms with Crippen LogP contribution < -0.4 is 10.6 Å². The molecule has 0 aliphatic rings. The van der Waals surface area contributed by atoms with Crippen molar-refractivity contribution < 1.29 is 28.8 Å². The molecule has 1 aromatic heterocycles. The predicted octanol–water partition coefficient (Wildman–Crippen LogP) is 2.28. The molecule has 1 atom stereocenters. The second kappa shape index (κ2) is 10.8. The number of carboxylic acid groups (broad SMARTS) is 1. The number of carbonyl (C=O) groups is 3. The summed E-state index contributed by atoms with van der Waals surface area (Å²) in [5.41, 5.74) is -0.221. The van der Waals surface area contributed by atoms with Crippen LogP contribution in [0.25, 0.3) is 6.08 Å². The van der Waals surface area contributed by atoms with E-state index in [1.54, 1.807) is 6.26 Å². The van der Waals surface area contributed by atoms with E-state index in [2.05, 4.69) is 10.6 Å². The zero-order chi connectivity index (χ0) is 22.1. The van der Waals surface area contributed by atoms with Crippen molar-refractivity contribution in [2.45, 2.75) is 12.5 Å². The summed E-state index contributed by atoms with van der Waals surface area (Å²) in [4.78, 5) is 46.9. The minimum absolute atomic E-state index is 0.0649. The Bertz CT molecular complexity index is 957. The molecular weight excluding hydrogens is 414 g/mol. The average Bonchev–Trinajstić information content (AvgIpc) is 3.25. The number of hydrogen-bond acceptors (Lipinski definition) is 7. The van der Waals surface area contributed by atoms with Crippen LogP contribution in [0.1, 0.15) is 22.5 Å². The first-order valence-corrected chi connectivity index (χ1v) is 10.0. The third-order valence-electron chi connectivity index (χ3n) is 3.84. The topological polar surface area (TPSA) is 152 Å². The lowest BCUT2D eigenvalue weighted by Crippen LogP contribution is -2.44. The number of furan rings is 1. The number of nitro groups is 1. The Labute approximate surface area is 175 Å². The quantitative estimate of drug-likeness (QED) is 0.293. The molecule has 2 rings (SSSR count). The van der Waals surface area contributed by atoms with E-state index in [0.717, 1.165) is 0 Å². The van der Waals surface area contributed by atoms with Crippen molar-refractivity contribution in [2.75, 3.05) is 12.0 Å². The van der Waals surface area contributed by atoms with E-state index in [9.17, 15) is 29.6 Å². The molecule has 1 heterocycles. The van der Waals surface area contributed by atoms with E-state index >= 15 is 0 Å². The summed E-state index contributed by atoms with van der Waals surface area (Å²) in [6, 6.07) is 7.13. The molecule has 0 aliphatic carbocycles. The summed E-state index contributed by atoms with van der Waals surface area (Å²) in [5.74, 6) is -2.37. The van der Waals surface area contributed by atoms with Gasteiger partial charge in [-0.1, -0.05) is 12.1 Å². The van der Waals surface area contributed by atoms with Crippen LogP contribution in [0.4, 0.5) is 5.69 Å². The fraction of sp³-hybridized carbons (Fsp3) is 0.211. The Morgan fingerprint density at radius 2 is 2.07 bits per heavy atom. The molecule has 30 heavy (non-hydrogen) atoms. The summed E-state index contributed by atoms with van der Waals surface area (Å²) in [6.45, 7) is 0. The number of thioether (sulfide) groups is 1. The Hall–Kier alpha value is -3.60. The number of hydrogen-bond donors (Lipinski definition) is 3. The Morgan fingerprint density at radius 3 is 2.67 bits per heavy atom. The average molecular weight is 433 g/mol. The van der Waals surface area contributed by atoms with Crippen molar-refractivity contribution in [1.29, 1.82) is 0 Å². The second-order valence-electron chi connectivity index (χ2n) is 5.99. The van der Waals surface area contributed by atoms with Crippen LogP contribution in [-0.4, -0.2) is 45.9 Å². The van der Waals surface area contributed by atoms with E-state index in [1.807, 2.05) is 0 Å². The first-order chi connectivity index (χ1) is 14.3. The number of nitrogens with one attached hydrogen (secondary N) is 2. The molecule has 0 fully saturated rings. The van der Waals surface area contributed by atoms with Crippen molar-refractivity contribution in [3.8, 4) is 0 Å². The molecule has 0 bridgehead atoms. The molecule has 0 aliphatic heterocycles. The summed E-state index contributed by atoms with van der Waals surface area (Å²) in [5, 5.41) is 25.0. The van der Waals surface area contributed by atoms with E-state index in [1.165, 1.54) is 60.5 Å². The van der Waals surface area contributed by atoms with E-state index in [0.29, 0.717) is 5.75 Å². The van der Waals surface area contributed by atoms with E-state index < -0.39 is 28.7 Å². The maximum absolute atomic E-state index is 12.7. The van der Waals surface area contributed by atoms with Crippen molar-refractivity contribution in [1.82, 2.24) is 10.6 Å². The second-order valence-corrected chi connectivity index (χ2v) is 6.97. The molecule has 11 heteroatoms. The highest BCUT2D eigenvalue weighted by atomic mass is 32.2. The molecule has 158 valence electrons. The molecular formula is C19H19N3O7S. The van der Waals surface area contributed by atoms with Crippen molar-refractivity contribution in [2.24, 2.45) is 0 Å². The van der Waals surface area contributed by atoms with Crippen LogP contribution in [0, 0.1) is 10.1 Å². The van der Waals surface area contributed by atoms with Gasteiger partial charge in [-0.15, -0.1) is 0 Å². The van der Waals surface area contributed by atoms with Gasteiger partial charge in [0.25, 0.3) is 17.5 Å². The first kappa shape index (κ1) is 22.7. The van der Waals surface area contributed by atoms with Crippen molar-refractivity contribution >= 4 is 41.3 Å². The smallest absolute Gasteiger partial charge is 0.326 e. The van der Waals surface area contributed by atoms with Gasteiger partial charge >= 0.3 is 5.97 Å². The highest BCUT2D eigenvalue weighted by molar-refractivity contribution is 7.98. The van der Waals surface area contributed by atoms with Gasteiger partial charge in [0.2, 0.25) is 0 Å². The number of carboxylic acids is 1. The normalized spacial score (nSPS) is 12.1. The summed E-state index contributed by atoms with van der Waals surface area (Å²) < 4.78 is 4.99. The summed E-state index contributed by atoms with van der Waals surface area (Å²) in [7, 11) is 0. The monoisotopic (exact) mass is 433 g/mol. The van der Waals surface area contributed by atoms with Gasteiger partial charge in [-0.05, 0) is 42.2 Å². The molecule has 0 radical (unpaired) electrons. The number of nitrogens with zero attached hydrogens (tertiary/aromatic N) is 1. The zero-order valence-corrected chi connectivity index (χ0v) is 16.7. The van der Waals surface area contributed by atoms with Crippen LogP contribution in [0.15, 0.2) is 52.8 Å². The Kier molecular flexibility index (Phi) is 8.18. The van der Waals surface area contributed by atoms with Crippen LogP contribution >= 0.6 is 11.8 Å². The van der Waals surface area contributed by atoms with Crippen molar-refractivity contribution in [3.05, 3.63) is 69.8 Å². The van der Waals surface area contributed by atoms with Gasteiger partial charge in [0.05, 0.1) is 11.2 Å². The van der Waals surface area contributed by atoms with E-state index in [4.69, 9.17) is 4.42 Å². The molecule has 10 nitrogen and oxygen atoms in total. The summed E-state index contributed by atoms with van der Waals surface area (Å²) >= 11 is 1.42. The number of carbonyl (C=O) groups excluding carboxylic acids is 2. The fourth-order valence-electron chi connectivity index (χ4n) is 2.37. The molecule has 3 N–H and O–H groups in total. The molecule has 0 saturated carbocycles. The van der Waals surface area contributed by atoms with Gasteiger partial charge in [-0.3, -0.25) is 19.7 Å². The maximum Gasteiger partial charge on any atom is 0.326 e. The molecule has 0 saturated heterocycles. The maximum atomic E-state index is 12.7. The number of nitro benzene ring substituents is 1. The third kappa shape index (κ3) is 6.48. The predicted molar refractivity (Wildman–Crippen MR) is 110 cm³/mol. The van der Waals surface area contributed by atoms with Gasteiger partial charge in [-0.2, -0.15) is 11.8 Å². The van der Waals surface area contributed by atoms with Crippen LogP contribution in [0.5, 0.6) is 0 Å². The van der Waals surface area contributed by atoms with Crippen molar-refractivity contribution in [3.63, 3.8) is 0 Å². The van der Waals surface area contributed by atoms with Gasteiger partial charge in [0.15, 0.2) is 5.76 Å². The minimum Gasteiger partial charge on any atom is -0.480 e. The lowest BCUT2D eigenvalue weighted by Gasteiger charge is -2.16. The minimum atomic E-state index is -1.22. The number of aliphatic carboxylic acids is 1. The molecule has 1 aromatic carbocycles.